The maximum Gasteiger partial charge on any atom is 0.280 e. The third kappa shape index (κ3) is 3.94. The average Bonchev–Trinajstić information content (AvgIpc) is 3.58. The van der Waals surface area contributed by atoms with Crippen molar-refractivity contribution in [3.8, 4) is 5.75 Å². The van der Waals surface area contributed by atoms with Crippen LogP contribution in [0.1, 0.15) is 46.8 Å². The van der Waals surface area contributed by atoms with Crippen molar-refractivity contribution in [3.05, 3.63) is 106 Å². The molecular weight excluding hydrogens is 480 g/mol. The van der Waals surface area contributed by atoms with Gasteiger partial charge in [0.05, 0.1) is 18.5 Å². The Balaban J connectivity index is 1.47. The number of amides is 1. The summed E-state index contributed by atoms with van der Waals surface area (Å²) in [7, 11) is 1.61. The lowest BCUT2D eigenvalue weighted by molar-refractivity contribution is 0.0709. The van der Waals surface area contributed by atoms with Crippen molar-refractivity contribution in [1.82, 2.24) is 14.6 Å². The number of pyridine rings is 2. The number of rotatable bonds is 5. The van der Waals surface area contributed by atoms with E-state index in [1.54, 1.807) is 25.4 Å². The van der Waals surface area contributed by atoms with Gasteiger partial charge in [-0.05, 0) is 55.8 Å². The van der Waals surface area contributed by atoms with Crippen molar-refractivity contribution in [2.24, 2.45) is 5.10 Å². The summed E-state index contributed by atoms with van der Waals surface area (Å²) in [5.74, 6) is 0.849. The largest absolute Gasteiger partial charge is 0.497 e. The van der Waals surface area contributed by atoms with Crippen LogP contribution >= 0.6 is 0 Å². The topological polar surface area (TPSA) is 89.9 Å². The van der Waals surface area contributed by atoms with E-state index in [9.17, 15) is 9.59 Å². The first-order chi connectivity index (χ1) is 18.5. The van der Waals surface area contributed by atoms with Crippen LogP contribution in [0.15, 0.2) is 87.2 Å². The summed E-state index contributed by atoms with van der Waals surface area (Å²) in [4.78, 5) is 32.1. The van der Waals surface area contributed by atoms with E-state index in [0.717, 1.165) is 22.2 Å². The number of carbonyl (C=O) groups excluding carboxylic acids is 1. The van der Waals surface area contributed by atoms with E-state index in [2.05, 4.69) is 4.98 Å². The van der Waals surface area contributed by atoms with Crippen molar-refractivity contribution in [1.29, 1.82) is 0 Å². The smallest absolute Gasteiger partial charge is 0.280 e. The molecule has 0 N–H and O–H groups in total. The van der Waals surface area contributed by atoms with E-state index >= 15 is 0 Å². The molecule has 3 aromatic heterocycles. The Bertz CT molecular complexity index is 1750. The Labute approximate surface area is 218 Å². The number of hydrogen-bond donors (Lipinski definition) is 0. The normalized spacial score (nSPS) is 15.3. The SMILES string of the molecule is CCn1cc(C(=O)N2N=C(c3cc4ccccc4o3)CC2c2ccc(OC)cc2)c(=O)c2ccc(C)nc21. The minimum Gasteiger partial charge on any atom is -0.497 e. The first-order valence-electron chi connectivity index (χ1n) is 12.5. The van der Waals surface area contributed by atoms with Crippen LogP contribution in [0.2, 0.25) is 0 Å². The number of ether oxygens (including phenoxy) is 1. The van der Waals surface area contributed by atoms with Gasteiger partial charge in [0.25, 0.3) is 5.91 Å². The molecule has 8 heteroatoms. The van der Waals surface area contributed by atoms with Crippen molar-refractivity contribution in [3.63, 3.8) is 0 Å². The standard InChI is InChI=1S/C30H26N4O4/c1-4-33-17-23(28(35)22-14-9-18(2)31-29(22)33)30(36)34-25(19-10-12-21(37-3)13-11-19)16-24(32-34)27-15-20-7-5-6-8-26(20)38-27/h5-15,17,25H,4,16H2,1-3H3. The number of hydrazone groups is 1. The lowest BCUT2D eigenvalue weighted by atomic mass is 10.00. The number of aromatic nitrogens is 2. The molecule has 38 heavy (non-hydrogen) atoms. The minimum absolute atomic E-state index is 0.0538. The van der Waals surface area contributed by atoms with Gasteiger partial charge in [0.2, 0.25) is 5.43 Å². The molecule has 4 heterocycles. The Kier molecular flexibility index (Phi) is 5.79. The van der Waals surface area contributed by atoms with Gasteiger partial charge >= 0.3 is 0 Å². The number of aryl methyl sites for hydroxylation is 2. The Hall–Kier alpha value is -4.72. The first kappa shape index (κ1) is 23.7. The van der Waals surface area contributed by atoms with Crippen molar-refractivity contribution in [2.75, 3.05) is 7.11 Å². The summed E-state index contributed by atoms with van der Waals surface area (Å²) in [6, 6.07) is 20.3. The van der Waals surface area contributed by atoms with Crippen LogP contribution < -0.4 is 10.2 Å². The molecule has 1 atom stereocenters. The van der Waals surface area contributed by atoms with E-state index in [-0.39, 0.29) is 11.0 Å². The highest BCUT2D eigenvalue weighted by atomic mass is 16.5. The highest BCUT2D eigenvalue weighted by Gasteiger charge is 2.36. The summed E-state index contributed by atoms with van der Waals surface area (Å²) in [6.45, 7) is 4.39. The van der Waals surface area contributed by atoms with Gasteiger partial charge in [-0.15, -0.1) is 0 Å². The van der Waals surface area contributed by atoms with Crippen LogP contribution in [0.4, 0.5) is 0 Å². The van der Waals surface area contributed by atoms with E-state index in [1.807, 2.05) is 73.0 Å². The van der Waals surface area contributed by atoms with Gasteiger partial charge in [0, 0.05) is 30.2 Å². The van der Waals surface area contributed by atoms with E-state index < -0.39 is 11.9 Å². The quantitative estimate of drug-likeness (QED) is 0.315. The maximum absolute atomic E-state index is 14.0. The number of fused-ring (bicyclic) bond motifs is 2. The molecule has 2 aromatic carbocycles. The lowest BCUT2D eigenvalue weighted by Crippen LogP contribution is -2.32. The zero-order valence-corrected chi connectivity index (χ0v) is 21.3. The highest BCUT2D eigenvalue weighted by Crippen LogP contribution is 2.35. The van der Waals surface area contributed by atoms with Crippen LogP contribution in [0.3, 0.4) is 0 Å². The average molecular weight is 507 g/mol. The van der Waals surface area contributed by atoms with Crippen LogP contribution in [-0.2, 0) is 6.54 Å². The summed E-state index contributed by atoms with van der Waals surface area (Å²) in [5.41, 5.74) is 3.33. The molecule has 0 fully saturated rings. The van der Waals surface area contributed by atoms with E-state index in [4.69, 9.17) is 14.3 Å². The number of furan rings is 1. The molecule has 1 unspecified atom stereocenters. The summed E-state index contributed by atoms with van der Waals surface area (Å²) in [6.07, 6.45) is 2.04. The number of hydrogen-bond acceptors (Lipinski definition) is 6. The molecule has 190 valence electrons. The Morgan fingerprint density at radius 2 is 1.89 bits per heavy atom. The molecule has 1 aliphatic rings. The Morgan fingerprint density at radius 3 is 2.63 bits per heavy atom. The number of para-hydroxylation sites is 1. The van der Waals surface area contributed by atoms with Crippen LogP contribution in [0.5, 0.6) is 5.75 Å². The van der Waals surface area contributed by atoms with Crippen molar-refractivity contribution < 1.29 is 13.9 Å². The maximum atomic E-state index is 14.0. The molecule has 6 rings (SSSR count). The van der Waals surface area contributed by atoms with E-state index in [1.165, 1.54) is 5.01 Å². The van der Waals surface area contributed by atoms with Gasteiger partial charge in [0.1, 0.15) is 28.3 Å². The van der Waals surface area contributed by atoms with Gasteiger partial charge in [-0.25, -0.2) is 9.99 Å². The van der Waals surface area contributed by atoms with Gasteiger partial charge in [-0.2, -0.15) is 5.10 Å². The molecule has 5 aromatic rings. The number of nitrogens with zero attached hydrogens (tertiary/aromatic N) is 4. The molecule has 1 amide bonds. The van der Waals surface area contributed by atoms with Crippen molar-refractivity contribution >= 4 is 33.6 Å². The molecule has 0 aliphatic carbocycles. The van der Waals surface area contributed by atoms with E-state index in [0.29, 0.717) is 41.2 Å². The fourth-order valence-electron chi connectivity index (χ4n) is 4.93. The monoisotopic (exact) mass is 506 g/mol. The molecule has 0 saturated carbocycles. The molecule has 1 aliphatic heterocycles. The number of carbonyl (C=O) groups is 1. The number of benzene rings is 2. The molecule has 0 radical (unpaired) electrons. The zero-order valence-electron chi connectivity index (χ0n) is 21.3. The van der Waals surface area contributed by atoms with Gasteiger partial charge < -0.3 is 13.7 Å². The van der Waals surface area contributed by atoms with Gasteiger partial charge in [-0.1, -0.05) is 30.3 Å². The van der Waals surface area contributed by atoms with Gasteiger partial charge in [0.15, 0.2) is 5.76 Å². The third-order valence-electron chi connectivity index (χ3n) is 6.96. The molecule has 0 bridgehead atoms. The second kappa shape index (κ2) is 9.30. The molecule has 8 nitrogen and oxygen atoms in total. The predicted molar refractivity (Wildman–Crippen MR) is 146 cm³/mol. The lowest BCUT2D eigenvalue weighted by Gasteiger charge is -2.22. The van der Waals surface area contributed by atoms with Crippen LogP contribution in [0.25, 0.3) is 22.0 Å². The van der Waals surface area contributed by atoms with Crippen molar-refractivity contribution in [2.45, 2.75) is 32.9 Å². The summed E-state index contributed by atoms with van der Waals surface area (Å²) in [5, 5.41) is 7.51. The number of methoxy groups -OCH3 is 1. The highest BCUT2D eigenvalue weighted by molar-refractivity contribution is 6.05. The zero-order chi connectivity index (χ0) is 26.4. The second-order valence-corrected chi connectivity index (χ2v) is 9.32. The molecule has 0 saturated heterocycles. The minimum atomic E-state index is -0.466. The Morgan fingerprint density at radius 1 is 1.11 bits per heavy atom. The summed E-state index contributed by atoms with van der Waals surface area (Å²) < 4.78 is 13.2. The fourth-order valence-corrected chi connectivity index (χ4v) is 4.93. The predicted octanol–water partition coefficient (Wildman–Crippen LogP) is 5.47. The fraction of sp³-hybridized carbons (Fsp3) is 0.200. The first-order valence-corrected chi connectivity index (χ1v) is 12.5. The molecule has 0 spiro atoms. The molecular formula is C30H26N4O4. The third-order valence-corrected chi connectivity index (χ3v) is 6.96. The van der Waals surface area contributed by atoms with Crippen LogP contribution in [-0.4, -0.2) is 33.3 Å². The second-order valence-electron chi connectivity index (χ2n) is 9.32. The van der Waals surface area contributed by atoms with Crippen LogP contribution in [0, 0.1) is 6.92 Å². The van der Waals surface area contributed by atoms with Gasteiger partial charge in [-0.3, -0.25) is 9.59 Å². The summed E-state index contributed by atoms with van der Waals surface area (Å²) >= 11 is 0.